The van der Waals surface area contributed by atoms with Crippen LogP contribution >= 0.6 is 0 Å². The van der Waals surface area contributed by atoms with Gasteiger partial charge in [-0.05, 0) is 19.8 Å². The van der Waals surface area contributed by atoms with E-state index in [0.717, 1.165) is 0 Å². The van der Waals surface area contributed by atoms with Crippen molar-refractivity contribution >= 4 is 0 Å². The van der Waals surface area contributed by atoms with Crippen molar-refractivity contribution in [3.05, 3.63) is 23.8 Å². The molecule has 0 radical (unpaired) electrons. The maximum Gasteiger partial charge on any atom is -0.0348 e. The number of allylic oxidation sites excluding steroid dienone is 4. The molecule has 0 spiro atoms. The molecule has 0 aromatic heterocycles. The molecule has 0 bridgehead atoms. The van der Waals surface area contributed by atoms with E-state index in [1.807, 2.05) is 0 Å². The van der Waals surface area contributed by atoms with Crippen LogP contribution in [0.5, 0.6) is 0 Å². The highest BCUT2D eigenvalue weighted by Gasteiger charge is 1.80. The minimum absolute atomic E-state index is 1.21. The van der Waals surface area contributed by atoms with Crippen LogP contribution in [0.15, 0.2) is 23.8 Å². The van der Waals surface area contributed by atoms with Crippen molar-refractivity contribution in [2.75, 3.05) is 0 Å². The molecular weight excluding hydrogens is 132 g/mol. The molecule has 0 rings (SSSR count). The van der Waals surface area contributed by atoms with Crippen LogP contribution in [0.25, 0.3) is 0 Å². The monoisotopic (exact) mass is 152 g/mol. The van der Waals surface area contributed by atoms with E-state index in [-0.39, 0.29) is 0 Å². The predicted octanol–water partition coefficient (Wildman–Crippen LogP) is 4.09. The maximum atomic E-state index is 2.30. The molecule has 0 aliphatic heterocycles. The van der Waals surface area contributed by atoms with Gasteiger partial charge in [-0.3, -0.25) is 0 Å². The summed E-state index contributed by atoms with van der Waals surface area (Å²) < 4.78 is 0. The Balaban J connectivity index is 3.56. The van der Waals surface area contributed by atoms with E-state index in [2.05, 4.69) is 39.0 Å². The van der Waals surface area contributed by atoms with Crippen molar-refractivity contribution in [2.45, 2.75) is 46.5 Å². The molecule has 0 aliphatic carbocycles. The molecule has 0 aliphatic rings. The topological polar surface area (TPSA) is 0 Å². The Kier molecular flexibility index (Phi) is 7.23. The van der Waals surface area contributed by atoms with Crippen molar-refractivity contribution in [2.24, 2.45) is 0 Å². The van der Waals surface area contributed by atoms with Crippen LogP contribution in [-0.2, 0) is 0 Å². The Morgan fingerprint density at radius 1 is 1.09 bits per heavy atom. The van der Waals surface area contributed by atoms with Crippen LogP contribution in [0.4, 0.5) is 0 Å². The van der Waals surface area contributed by atoms with Crippen LogP contribution in [0, 0.1) is 0 Å². The highest BCUT2D eigenvalue weighted by Crippen LogP contribution is 2.01. The molecule has 0 unspecified atom stereocenters. The lowest BCUT2D eigenvalue weighted by molar-refractivity contribution is 0.946. The maximum absolute atomic E-state index is 2.30. The van der Waals surface area contributed by atoms with Gasteiger partial charge in [0.05, 0.1) is 0 Å². The quantitative estimate of drug-likeness (QED) is 0.520. The van der Waals surface area contributed by atoms with Crippen molar-refractivity contribution in [1.82, 2.24) is 0 Å². The first-order chi connectivity index (χ1) is 5.31. The highest BCUT2D eigenvalue weighted by molar-refractivity contribution is 5.15. The lowest BCUT2D eigenvalue weighted by Gasteiger charge is -1.90. The third kappa shape index (κ3) is 7.38. The summed E-state index contributed by atoms with van der Waals surface area (Å²) >= 11 is 0. The molecule has 0 atom stereocenters. The standard InChI is InChI=1S/C11H20/c1-4-6-8-10-11(3)9-7-5-2/h8-10H,4-7H2,1-3H3/b10-8+,11-9-. The molecule has 0 heteroatoms. The Bertz CT molecular complexity index is 129. The average molecular weight is 152 g/mol. The first-order valence-corrected chi connectivity index (χ1v) is 4.64. The second-order valence-electron chi connectivity index (χ2n) is 2.93. The lowest BCUT2D eigenvalue weighted by atomic mass is 10.2. The summed E-state index contributed by atoms with van der Waals surface area (Å²) in [5, 5.41) is 0. The number of hydrogen-bond donors (Lipinski definition) is 0. The summed E-state index contributed by atoms with van der Waals surface area (Å²) in [6.45, 7) is 6.58. The van der Waals surface area contributed by atoms with E-state index in [4.69, 9.17) is 0 Å². The van der Waals surface area contributed by atoms with Gasteiger partial charge >= 0.3 is 0 Å². The molecule has 64 valence electrons. The van der Waals surface area contributed by atoms with Gasteiger partial charge in [-0.2, -0.15) is 0 Å². The Hall–Kier alpha value is -0.520. The van der Waals surface area contributed by atoms with E-state index >= 15 is 0 Å². The van der Waals surface area contributed by atoms with Crippen LogP contribution in [0.1, 0.15) is 46.5 Å². The molecule has 0 aromatic carbocycles. The highest BCUT2D eigenvalue weighted by atomic mass is 13.9. The Morgan fingerprint density at radius 2 is 1.73 bits per heavy atom. The molecule has 0 heterocycles. The van der Waals surface area contributed by atoms with Crippen LogP contribution in [-0.4, -0.2) is 0 Å². The third-order valence-electron chi connectivity index (χ3n) is 1.59. The van der Waals surface area contributed by atoms with Gasteiger partial charge in [0.2, 0.25) is 0 Å². The van der Waals surface area contributed by atoms with Gasteiger partial charge in [-0.1, -0.05) is 50.5 Å². The fourth-order valence-corrected chi connectivity index (χ4v) is 0.876. The number of hydrogen-bond acceptors (Lipinski definition) is 0. The minimum Gasteiger partial charge on any atom is -0.0843 e. The molecule has 11 heavy (non-hydrogen) atoms. The largest absolute Gasteiger partial charge is 0.0843 e. The zero-order valence-corrected chi connectivity index (χ0v) is 8.06. The summed E-state index contributed by atoms with van der Waals surface area (Å²) in [6.07, 6.45) is 11.7. The molecule has 0 saturated heterocycles. The zero-order chi connectivity index (χ0) is 8.53. The summed E-state index contributed by atoms with van der Waals surface area (Å²) in [4.78, 5) is 0. The predicted molar refractivity (Wildman–Crippen MR) is 52.7 cm³/mol. The second kappa shape index (κ2) is 7.59. The van der Waals surface area contributed by atoms with Gasteiger partial charge in [-0.25, -0.2) is 0 Å². The van der Waals surface area contributed by atoms with Gasteiger partial charge in [0.25, 0.3) is 0 Å². The van der Waals surface area contributed by atoms with Gasteiger partial charge in [-0.15, -0.1) is 0 Å². The fourth-order valence-electron chi connectivity index (χ4n) is 0.876. The molecule has 0 fully saturated rings. The van der Waals surface area contributed by atoms with Crippen molar-refractivity contribution in [3.63, 3.8) is 0 Å². The fraction of sp³-hybridized carbons (Fsp3) is 0.636. The van der Waals surface area contributed by atoms with E-state index in [9.17, 15) is 0 Å². The molecular formula is C11H20. The first-order valence-electron chi connectivity index (χ1n) is 4.64. The van der Waals surface area contributed by atoms with Crippen molar-refractivity contribution < 1.29 is 0 Å². The van der Waals surface area contributed by atoms with Crippen molar-refractivity contribution in [1.29, 1.82) is 0 Å². The van der Waals surface area contributed by atoms with E-state index in [1.165, 1.54) is 31.3 Å². The SMILES string of the molecule is CCC/C=C(C)\C=C\CCC. The smallest absolute Gasteiger partial charge is 0.0348 e. The van der Waals surface area contributed by atoms with Crippen LogP contribution in [0.3, 0.4) is 0 Å². The molecule has 0 aromatic rings. The first kappa shape index (κ1) is 10.5. The van der Waals surface area contributed by atoms with Crippen molar-refractivity contribution in [3.8, 4) is 0 Å². The number of unbranched alkanes of at least 4 members (excludes halogenated alkanes) is 2. The summed E-state index contributed by atoms with van der Waals surface area (Å²) in [5.74, 6) is 0. The average Bonchev–Trinajstić information content (AvgIpc) is 2.01. The van der Waals surface area contributed by atoms with E-state index in [0.29, 0.717) is 0 Å². The molecule has 0 nitrogen and oxygen atoms in total. The molecule has 0 amide bonds. The van der Waals surface area contributed by atoms with Crippen LogP contribution in [0.2, 0.25) is 0 Å². The Labute approximate surface area is 71.0 Å². The minimum atomic E-state index is 1.21. The normalized spacial score (nSPS) is 12.8. The van der Waals surface area contributed by atoms with Gasteiger partial charge in [0.15, 0.2) is 0 Å². The van der Waals surface area contributed by atoms with E-state index < -0.39 is 0 Å². The number of rotatable bonds is 5. The molecule has 0 N–H and O–H groups in total. The van der Waals surface area contributed by atoms with Gasteiger partial charge in [0, 0.05) is 0 Å². The summed E-state index contributed by atoms with van der Waals surface area (Å²) in [7, 11) is 0. The summed E-state index contributed by atoms with van der Waals surface area (Å²) in [6, 6.07) is 0. The van der Waals surface area contributed by atoms with Gasteiger partial charge in [0.1, 0.15) is 0 Å². The third-order valence-corrected chi connectivity index (χ3v) is 1.59. The second-order valence-corrected chi connectivity index (χ2v) is 2.93. The Morgan fingerprint density at radius 3 is 2.27 bits per heavy atom. The van der Waals surface area contributed by atoms with E-state index in [1.54, 1.807) is 0 Å². The lowest BCUT2D eigenvalue weighted by Crippen LogP contribution is -1.70. The molecule has 0 saturated carbocycles. The van der Waals surface area contributed by atoms with Gasteiger partial charge < -0.3 is 0 Å². The van der Waals surface area contributed by atoms with Crippen LogP contribution < -0.4 is 0 Å². The summed E-state index contributed by atoms with van der Waals surface area (Å²) in [5.41, 5.74) is 1.40. The zero-order valence-electron chi connectivity index (χ0n) is 8.06.